The zero-order chi connectivity index (χ0) is 10.4. The van der Waals surface area contributed by atoms with Crippen molar-refractivity contribution in [2.24, 2.45) is 0 Å². The highest BCUT2D eigenvalue weighted by atomic mass is 32.1. The lowest BCUT2D eigenvalue weighted by atomic mass is 10.5. The van der Waals surface area contributed by atoms with Crippen LogP contribution in [-0.4, -0.2) is 36.1 Å². The van der Waals surface area contributed by atoms with Crippen molar-refractivity contribution in [3.63, 3.8) is 0 Å². The van der Waals surface area contributed by atoms with Crippen LogP contribution in [0.3, 0.4) is 0 Å². The molecule has 4 heteroatoms. The normalized spacial score (nSPS) is 10.9. The summed E-state index contributed by atoms with van der Waals surface area (Å²) in [4.78, 5) is 6.74. The van der Waals surface area contributed by atoms with Gasteiger partial charge in [-0.25, -0.2) is 4.98 Å². The molecule has 0 aliphatic rings. The highest BCUT2D eigenvalue weighted by molar-refractivity contribution is 7.13. The fourth-order valence-electron chi connectivity index (χ4n) is 1.30. The van der Waals surface area contributed by atoms with Crippen LogP contribution < -0.4 is 5.32 Å². The predicted molar refractivity (Wildman–Crippen MR) is 63.1 cm³/mol. The minimum atomic E-state index is 0.981. The second kappa shape index (κ2) is 5.98. The van der Waals surface area contributed by atoms with Crippen LogP contribution in [0.1, 0.15) is 19.5 Å². The van der Waals surface area contributed by atoms with Crippen molar-refractivity contribution in [2.75, 3.05) is 31.5 Å². The van der Waals surface area contributed by atoms with Crippen molar-refractivity contribution in [3.05, 3.63) is 11.1 Å². The van der Waals surface area contributed by atoms with Crippen molar-refractivity contribution in [1.29, 1.82) is 0 Å². The zero-order valence-corrected chi connectivity index (χ0v) is 10.0. The van der Waals surface area contributed by atoms with Gasteiger partial charge in [0.05, 0.1) is 5.69 Å². The number of rotatable bonds is 6. The summed E-state index contributed by atoms with van der Waals surface area (Å²) in [5.74, 6) is 0. The van der Waals surface area contributed by atoms with Gasteiger partial charge in [0, 0.05) is 18.5 Å². The molecular weight excluding hydrogens is 194 g/mol. The number of hydrogen-bond acceptors (Lipinski definition) is 4. The molecule has 80 valence electrons. The second-order valence-corrected chi connectivity index (χ2v) is 4.11. The van der Waals surface area contributed by atoms with Gasteiger partial charge in [0.1, 0.15) is 0 Å². The number of nitrogens with one attached hydrogen (secondary N) is 1. The summed E-state index contributed by atoms with van der Waals surface area (Å²) in [6.45, 7) is 10.7. The first kappa shape index (κ1) is 11.5. The number of aryl methyl sites for hydroxylation is 1. The predicted octanol–water partition coefficient (Wildman–Crippen LogP) is 2.21. The molecule has 0 radical (unpaired) electrons. The fourth-order valence-corrected chi connectivity index (χ4v) is 2.01. The van der Waals surface area contributed by atoms with E-state index in [0.717, 1.165) is 37.0 Å². The molecule has 0 aliphatic carbocycles. The van der Waals surface area contributed by atoms with Crippen LogP contribution in [0, 0.1) is 6.92 Å². The third kappa shape index (κ3) is 3.64. The Morgan fingerprint density at radius 1 is 1.43 bits per heavy atom. The standard InChI is InChI=1S/C10H19N3S/c1-4-13(5-2)7-6-11-10-12-9(3)8-14-10/h8H,4-7H2,1-3H3,(H,11,12). The number of nitrogens with zero attached hydrogens (tertiary/aromatic N) is 2. The van der Waals surface area contributed by atoms with Crippen molar-refractivity contribution in [3.8, 4) is 0 Å². The van der Waals surface area contributed by atoms with Crippen LogP contribution in [0.4, 0.5) is 5.13 Å². The third-order valence-electron chi connectivity index (χ3n) is 2.22. The van der Waals surface area contributed by atoms with Crippen LogP contribution in [0.5, 0.6) is 0 Å². The summed E-state index contributed by atoms with van der Waals surface area (Å²) in [6.07, 6.45) is 0. The first-order chi connectivity index (χ1) is 6.76. The number of hydrogen-bond donors (Lipinski definition) is 1. The largest absolute Gasteiger partial charge is 0.360 e. The smallest absolute Gasteiger partial charge is 0.182 e. The van der Waals surface area contributed by atoms with Gasteiger partial charge in [-0.1, -0.05) is 13.8 Å². The highest BCUT2D eigenvalue weighted by Crippen LogP contribution is 2.13. The molecule has 3 nitrogen and oxygen atoms in total. The molecule has 1 aromatic rings. The number of likely N-dealkylation sites (N-methyl/N-ethyl adjacent to an activating group) is 1. The molecule has 1 aromatic heterocycles. The SMILES string of the molecule is CCN(CC)CCNc1nc(C)cs1. The number of thiazole rings is 1. The summed E-state index contributed by atoms with van der Waals surface area (Å²) < 4.78 is 0. The molecule has 0 fully saturated rings. The summed E-state index contributed by atoms with van der Waals surface area (Å²) >= 11 is 1.68. The maximum atomic E-state index is 4.35. The van der Waals surface area contributed by atoms with Crippen molar-refractivity contribution >= 4 is 16.5 Å². The minimum Gasteiger partial charge on any atom is -0.360 e. The van der Waals surface area contributed by atoms with Gasteiger partial charge in [0.15, 0.2) is 5.13 Å². The van der Waals surface area contributed by atoms with Gasteiger partial charge in [-0.05, 0) is 20.0 Å². The molecule has 0 aromatic carbocycles. The molecule has 0 bridgehead atoms. The van der Waals surface area contributed by atoms with E-state index in [2.05, 4.69) is 34.4 Å². The second-order valence-electron chi connectivity index (χ2n) is 3.25. The number of aromatic nitrogens is 1. The van der Waals surface area contributed by atoms with Crippen LogP contribution in [0.25, 0.3) is 0 Å². The van der Waals surface area contributed by atoms with E-state index in [-0.39, 0.29) is 0 Å². The van der Waals surface area contributed by atoms with E-state index in [1.807, 2.05) is 6.92 Å². The molecular formula is C10H19N3S. The third-order valence-corrected chi connectivity index (χ3v) is 3.14. The van der Waals surface area contributed by atoms with Crippen molar-refractivity contribution in [2.45, 2.75) is 20.8 Å². The highest BCUT2D eigenvalue weighted by Gasteiger charge is 2.00. The lowest BCUT2D eigenvalue weighted by molar-refractivity contribution is 0.316. The molecule has 0 amide bonds. The maximum Gasteiger partial charge on any atom is 0.182 e. The lowest BCUT2D eigenvalue weighted by Crippen LogP contribution is -2.28. The first-order valence-corrected chi connectivity index (χ1v) is 6.02. The average Bonchev–Trinajstić information content (AvgIpc) is 2.59. The quantitative estimate of drug-likeness (QED) is 0.785. The summed E-state index contributed by atoms with van der Waals surface area (Å²) in [5.41, 5.74) is 1.10. The van der Waals surface area contributed by atoms with E-state index in [4.69, 9.17) is 0 Å². The Hall–Kier alpha value is -0.610. The molecule has 0 spiro atoms. The summed E-state index contributed by atoms with van der Waals surface area (Å²) in [5, 5.41) is 6.44. The van der Waals surface area contributed by atoms with E-state index in [9.17, 15) is 0 Å². The number of anilines is 1. The Balaban J connectivity index is 2.21. The Labute approximate surface area is 90.2 Å². The lowest BCUT2D eigenvalue weighted by Gasteiger charge is -2.17. The Morgan fingerprint density at radius 3 is 2.64 bits per heavy atom. The van der Waals surface area contributed by atoms with Gasteiger partial charge in [0.25, 0.3) is 0 Å². The van der Waals surface area contributed by atoms with Gasteiger partial charge >= 0.3 is 0 Å². The van der Waals surface area contributed by atoms with E-state index in [1.165, 1.54) is 0 Å². The molecule has 0 unspecified atom stereocenters. The van der Waals surface area contributed by atoms with Gasteiger partial charge in [-0.2, -0.15) is 0 Å². The van der Waals surface area contributed by atoms with E-state index >= 15 is 0 Å². The van der Waals surface area contributed by atoms with Gasteiger partial charge in [-0.15, -0.1) is 11.3 Å². The Morgan fingerprint density at radius 2 is 2.14 bits per heavy atom. The fraction of sp³-hybridized carbons (Fsp3) is 0.700. The van der Waals surface area contributed by atoms with Crippen LogP contribution in [0.2, 0.25) is 0 Å². The minimum absolute atomic E-state index is 0.981. The molecule has 1 rings (SSSR count). The van der Waals surface area contributed by atoms with Crippen LogP contribution in [0.15, 0.2) is 5.38 Å². The Bertz CT molecular complexity index is 256. The van der Waals surface area contributed by atoms with E-state index in [1.54, 1.807) is 11.3 Å². The van der Waals surface area contributed by atoms with E-state index in [0.29, 0.717) is 0 Å². The molecule has 0 atom stereocenters. The first-order valence-electron chi connectivity index (χ1n) is 5.14. The molecule has 0 saturated heterocycles. The zero-order valence-electron chi connectivity index (χ0n) is 9.21. The average molecular weight is 213 g/mol. The van der Waals surface area contributed by atoms with E-state index < -0.39 is 0 Å². The molecule has 0 aliphatic heterocycles. The molecule has 14 heavy (non-hydrogen) atoms. The van der Waals surface area contributed by atoms with Gasteiger partial charge in [-0.3, -0.25) is 0 Å². The Kier molecular flexibility index (Phi) is 4.90. The van der Waals surface area contributed by atoms with Crippen molar-refractivity contribution in [1.82, 2.24) is 9.88 Å². The van der Waals surface area contributed by atoms with Gasteiger partial charge < -0.3 is 10.2 Å². The summed E-state index contributed by atoms with van der Waals surface area (Å²) in [7, 11) is 0. The van der Waals surface area contributed by atoms with Crippen LogP contribution >= 0.6 is 11.3 Å². The topological polar surface area (TPSA) is 28.2 Å². The monoisotopic (exact) mass is 213 g/mol. The molecule has 1 heterocycles. The molecule has 0 saturated carbocycles. The van der Waals surface area contributed by atoms with Crippen LogP contribution in [-0.2, 0) is 0 Å². The maximum absolute atomic E-state index is 4.35. The molecule has 1 N–H and O–H groups in total. The van der Waals surface area contributed by atoms with Gasteiger partial charge in [0.2, 0.25) is 0 Å². The van der Waals surface area contributed by atoms with Crippen molar-refractivity contribution < 1.29 is 0 Å². The summed E-state index contributed by atoms with van der Waals surface area (Å²) in [6, 6.07) is 0.